The topological polar surface area (TPSA) is 32.5 Å². The van der Waals surface area contributed by atoms with Gasteiger partial charge in [-0.25, -0.2) is 4.67 Å². The van der Waals surface area contributed by atoms with Crippen LogP contribution in [0, 0.1) is 0 Å². The number of nitrogens with zero attached hydrogens (tertiary/aromatic N) is 2. The zero-order valence-electron chi connectivity index (χ0n) is 14.4. The highest BCUT2D eigenvalue weighted by Gasteiger charge is 2.33. The van der Waals surface area contributed by atoms with Crippen molar-refractivity contribution in [3.8, 4) is 0 Å². The molecule has 0 aromatic heterocycles. The molecular formula is C19H28N3P. The van der Waals surface area contributed by atoms with Crippen LogP contribution in [0.15, 0.2) is 60.7 Å². The molecular weight excluding hydrogens is 301 g/mol. The number of benzene rings is 2. The van der Waals surface area contributed by atoms with Crippen molar-refractivity contribution in [2.75, 3.05) is 13.1 Å². The summed E-state index contributed by atoms with van der Waals surface area (Å²) in [6.07, 6.45) is 0. The minimum atomic E-state index is -0.712. The van der Waals surface area contributed by atoms with Crippen LogP contribution in [0.5, 0.6) is 0 Å². The van der Waals surface area contributed by atoms with E-state index in [0.29, 0.717) is 6.04 Å². The molecule has 2 atom stereocenters. The second-order valence-electron chi connectivity index (χ2n) is 5.44. The molecule has 1 aliphatic rings. The summed E-state index contributed by atoms with van der Waals surface area (Å²) >= 11 is 0. The highest BCUT2D eigenvalue weighted by Crippen LogP contribution is 2.47. The number of hydrogen-bond acceptors (Lipinski definition) is 3. The first kappa shape index (κ1) is 18.1. The maximum atomic E-state index is 6.53. The Hall–Kier alpha value is -1.25. The average Bonchev–Trinajstić information content (AvgIpc) is 2.98. The molecule has 23 heavy (non-hydrogen) atoms. The third-order valence-electron chi connectivity index (χ3n) is 4.08. The van der Waals surface area contributed by atoms with E-state index in [9.17, 15) is 0 Å². The molecule has 1 saturated heterocycles. The Morgan fingerprint density at radius 3 is 2.13 bits per heavy atom. The lowest BCUT2D eigenvalue weighted by molar-refractivity contribution is 0.393. The maximum absolute atomic E-state index is 6.53. The van der Waals surface area contributed by atoms with E-state index in [1.165, 1.54) is 11.1 Å². The molecule has 0 saturated carbocycles. The fraction of sp³-hybridized carbons (Fsp3) is 0.368. The van der Waals surface area contributed by atoms with Crippen LogP contribution in [0.1, 0.15) is 37.9 Å². The first-order valence-electron chi connectivity index (χ1n) is 8.41. The van der Waals surface area contributed by atoms with Crippen LogP contribution in [0.3, 0.4) is 0 Å². The highest BCUT2D eigenvalue weighted by molar-refractivity contribution is 7.50. The lowest BCUT2D eigenvalue weighted by Gasteiger charge is -2.30. The smallest absolute Gasteiger partial charge is 0.115 e. The van der Waals surface area contributed by atoms with E-state index in [0.717, 1.165) is 19.6 Å². The normalized spacial score (nSPS) is 19.9. The minimum Gasteiger partial charge on any atom is -0.285 e. The van der Waals surface area contributed by atoms with E-state index >= 15 is 0 Å². The zero-order chi connectivity index (χ0) is 16.7. The summed E-state index contributed by atoms with van der Waals surface area (Å²) in [6, 6.07) is 21.6. The maximum Gasteiger partial charge on any atom is 0.115 e. The molecule has 3 nitrogen and oxygen atoms in total. The minimum absolute atomic E-state index is 0.378. The fourth-order valence-electron chi connectivity index (χ4n) is 2.81. The summed E-state index contributed by atoms with van der Waals surface area (Å²) in [5.41, 5.74) is 9.21. The van der Waals surface area contributed by atoms with E-state index in [4.69, 9.17) is 5.50 Å². The lowest BCUT2D eigenvalue weighted by atomic mass is 10.1. The third-order valence-corrected chi connectivity index (χ3v) is 6.07. The van der Waals surface area contributed by atoms with Crippen molar-refractivity contribution in [2.45, 2.75) is 33.4 Å². The molecule has 0 amide bonds. The number of hydrogen-bond donors (Lipinski definition) is 1. The van der Waals surface area contributed by atoms with Crippen molar-refractivity contribution in [2.24, 2.45) is 5.50 Å². The van der Waals surface area contributed by atoms with E-state index < -0.39 is 8.37 Å². The van der Waals surface area contributed by atoms with Gasteiger partial charge >= 0.3 is 0 Å². The molecule has 2 unspecified atom stereocenters. The van der Waals surface area contributed by atoms with Crippen molar-refractivity contribution < 1.29 is 0 Å². The van der Waals surface area contributed by atoms with Gasteiger partial charge in [0.05, 0.1) is 0 Å². The summed E-state index contributed by atoms with van der Waals surface area (Å²) in [7, 11) is -0.712. The van der Waals surface area contributed by atoms with Crippen LogP contribution in [-0.2, 0) is 6.54 Å². The van der Waals surface area contributed by atoms with Crippen molar-refractivity contribution in [1.82, 2.24) is 9.34 Å². The first-order valence-corrected chi connectivity index (χ1v) is 9.72. The van der Waals surface area contributed by atoms with E-state index in [2.05, 4.69) is 76.9 Å². The SMILES string of the molecule is CC.CC(c1ccccc1)N1CCN(Cc2ccccc2)P1N. The van der Waals surface area contributed by atoms with Crippen molar-refractivity contribution in [3.05, 3.63) is 71.8 Å². The first-order chi connectivity index (χ1) is 11.3. The molecule has 1 aliphatic heterocycles. The van der Waals surface area contributed by atoms with Gasteiger partial charge in [0.25, 0.3) is 0 Å². The van der Waals surface area contributed by atoms with Gasteiger partial charge in [-0.15, -0.1) is 0 Å². The van der Waals surface area contributed by atoms with Crippen LogP contribution >= 0.6 is 8.37 Å². The Morgan fingerprint density at radius 1 is 0.957 bits per heavy atom. The quantitative estimate of drug-likeness (QED) is 0.820. The van der Waals surface area contributed by atoms with Gasteiger partial charge in [0.15, 0.2) is 0 Å². The second-order valence-corrected chi connectivity index (χ2v) is 7.16. The monoisotopic (exact) mass is 329 g/mol. The second kappa shape index (κ2) is 9.14. The summed E-state index contributed by atoms with van der Waals surface area (Å²) in [5, 5.41) is 0. The molecule has 1 fully saturated rings. The number of nitrogens with two attached hydrogens (primary N) is 1. The summed E-state index contributed by atoms with van der Waals surface area (Å²) in [4.78, 5) is 0. The molecule has 0 bridgehead atoms. The molecule has 0 radical (unpaired) electrons. The average molecular weight is 329 g/mol. The predicted octanol–water partition coefficient (Wildman–Crippen LogP) is 4.78. The van der Waals surface area contributed by atoms with Gasteiger partial charge < -0.3 is 0 Å². The van der Waals surface area contributed by atoms with E-state index in [-0.39, 0.29) is 0 Å². The van der Waals surface area contributed by atoms with Gasteiger partial charge in [-0.3, -0.25) is 10.2 Å². The summed E-state index contributed by atoms with van der Waals surface area (Å²) in [6.45, 7) is 9.30. The molecule has 4 heteroatoms. The largest absolute Gasteiger partial charge is 0.285 e. The Bertz CT molecular complexity index is 561. The van der Waals surface area contributed by atoms with Gasteiger partial charge in [0.1, 0.15) is 8.37 Å². The standard InChI is InChI=1S/C17H22N3P.C2H6/c1-15(17-10-6-3-7-11-17)20-13-12-19(21(20)18)14-16-8-4-2-5-9-16;1-2/h2-11,15H,12-14,18H2,1H3;1-2H3. The van der Waals surface area contributed by atoms with Gasteiger partial charge in [0, 0.05) is 25.7 Å². The molecule has 1 heterocycles. The highest BCUT2D eigenvalue weighted by atomic mass is 31.1. The third kappa shape index (κ3) is 4.62. The van der Waals surface area contributed by atoms with Crippen LogP contribution in [-0.4, -0.2) is 22.4 Å². The molecule has 2 aromatic rings. The van der Waals surface area contributed by atoms with Crippen LogP contribution in [0.4, 0.5) is 0 Å². The Morgan fingerprint density at radius 2 is 1.52 bits per heavy atom. The fourth-order valence-corrected chi connectivity index (χ4v) is 4.52. The van der Waals surface area contributed by atoms with Gasteiger partial charge in [0.2, 0.25) is 0 Å². The van der Waals surface area contributed by atoms with Crippen LogP contribution in [0.2, 0.25) is 0 Å². The predicted molar refractivity (Wildman–Crippen MR) is 101 cm³/mol. The van der Waals surface area contributed by atoms with E-state index in [1.807, 2.05) is 13.8 Å². The Balaban J connectivity index is 0.000000924. The van der Waals surface area contributed by atoms with Crippen LogP contribution in [0.25, 0.3) is 0 Å². The lowest BCUT2D eigenvalue weighted by Crippen LogP contribution is -2.23. The van der Waals surface area contributed by atoms with Crippen molar-refractivity contribution in [1.29, 1.82) is 0 Å². The molecule has 124 valence electrons. The molecule has 2 N–H and O–H groups in total. The molecule has 0 aliphatic carbocycles. The zero-order valence-corrected chi connectivity index (χ0v) is 15.3. The van der Waals surface area contributed by atoms with Crippen LogP contribution < -0.4 is 5.50 Å². The van der Waals surface area contributed by atoms with Crippen molar-refractivity contribution >= 4 is 8.37 Å². The number of rotatable bonds is 4. The molecule has 0 spiro atoms. The van der Waals surface area contributed by atoms with Crippen molar-refractivity contribution in [3.63, 3.8) is 0 Å². The Labute approximate surface area is 142 Å². The van der Waals surface area contributed by atoms with Gasteiger partial charge in [-0.1, -0.05) is 74.5 Å². The van der Waals surface area contributed by atoms with Gasteiger partial charge in [-0.05, 0) is 18.1 Å². The van der Waals surface area contributed by atoms with E-state index in [1.54, 1.807) is 0 Å². The summed E-state index contributed by atoms with van der Waals surface area (Å²) in [5.74, 6) is 0. The molecule has 3 rings (SSSR count). The molecule has 2 aromatic carbocycles. The van der Waals surface area contributed by atoms with Gasteiger partial charge in [-0.2, -0.15) is 0 Å². The summed E-state index contributed by atoms with van der Waals surface area (Å²) < 4.78 is 4.84. The Kier molecular flexibility index (Phi) is 7.19.